The molecule has 4 heteroatoms. The predicted molar refractivity (Wildman–Crippen MR) is 59.9 cm³/mol. The van der Waals surface area contributed by atoms with Gasteiger partial charge in [-0.3, -0.25) is 0 Å². The van der Waals surface area contributed by atoms with E-state index in [4.69, 9.17) is 10.5 Å². The summed E-state index contributed by atoms with van der Waals surface area (Å²) in [6.45, 7) is 2.08. The summed E-state index contributed by atoms with van der Waals surface area (Å²) in [7, 11) is 0. The molecule has 0 aliphatic rings. The van der Waals surface area contributed by atoms with Crippen molar-refractivity contribution in [1.82, 2.24) is 5.32 Å². The van der Waals surface area contributed by atoms with Crippen molar-refractivity contribution in [3.8, 4) is 5.75 Å². The van der Waals surface area contributed by atoms with Gasteiger partial charge in [-0.25, -0.2) is 0 Å². The van der Waals surface area contributed by atoms with Crippen LogP contribution in [0.3, 0.4) is 0 Å². The molecule has 0 fully saturated rings. The molecular weight excluding hydrogens is 192 g/mol. The molecule has 0 saturated heterocycles. The van der Waals surface area contributed by atoms with Gasteiger partial charge in [-0.05, 0) is 12.1 Å². The molecule has 4 N–H and O–H groups in total. The van der Waals surface area contributed by atoms with Gasteiger partial charge in [0.15, 0.2) is 0 Å². The number of hydrogen-bond acceptors (Lipinski definition) is 4. The number of para-hydroxylation sites is 1. The van der Waals surface area contributed by atoms with Gasteiger partial charge in [0.2, 0.25) is 0 Å². The van der Waals surface area contributed by atoms with E-state index in [1.165, 1.54) is 0 Å². The second kappa shape index (κ2) is 7.23. The van der Waals surface area contributed by atoms with Crippen LogP contribution in [0.2, 0.25) is 0 Å². The maximum Gasteiger partial charge on any atom is 0.119 e. The fraction of sp³-hybridized carbons (Fsp3) is 0.455. The normalized spacial score (nSPS) is 12.4. The maximum absolute atomic E-state index is 9.51. The SMILES string of the molecule is NCCNCC(O)COc1ccccc1. The van der Waals surface area contributed by atoms with Crippen molar-refractivity contribution in [2.45, 2.75) is 6.10 Å². The third kappa shape index (κ3) is 5.37. The van der Waals surface area contributed by atoms with Crippen LogP contribution >= 0.6 is 0 Å². The summed E-state index contributed by atoms with van der Waals surface area (Å²) in [5.41, 5.74) is 5.30. The van der Waals surface area contributed by atoms with Gasteiger partial charge in [0.25, 0.3) is 0 Å². The molecule has 0 heterocycles. The third-order valence-electron chi connectivity index (χ3n) is 1.89. The van der Waals surface area contributed by atoms with Crippen molar-refractivity contribution in [3.63, 3.8) is 0 Å². The molecule has 0 saturated carbocycles. The highest BCUT2D eigenvalue weighted by molar-refractivity contribution is 5.20. The molecule has 0 amide bonds. The summed E-state index contributed by atoms with van der Waals surface area (Å²) in [4.78, 5) is 0. The Morgan fingerprint density at radius 2 is 2.07 bits per heavy atom. The van der Waals surface area contributed by atoms with Crippen LogP contribution in [0, 0.1) is 0 Å². The van der Waals surface area contributed by atoms with E-state index >= 15 is 0 Å². The number of ether oxygens (including phenoxy) is 1. The summed E-state index contributed by atoms with van der Waals surface area (Å²) in [6, 6.07) is 9.44. The molecule has 1 aromatic rings. The maximum atomic E-state index is 9.51. The van der Waals surface area contributed by atoms with Gasteiger partial charge in [0.1, 0.15) is 18.5 Å². The topological polar surface area (TPSA) is 67.5 Å². The molecule has 15 heavy (non-hydrogen) atoms. The first-order valence-electron chi connectivity index (χ1n) is 5.09. The monoisotopic (exact) mass is 210 g/mol. The lowest BCUT2D eigenvalue weighted by atomic mass is 10.3. The number of aliphatic hydroxyl groups is 1. The lowest BCUT2D eigenvalue weighted by Gasteiger charge is -2.12. The molecule has 84 valence electrons. The van der Waals surface area contributed by atoms with Crippen LogP contribution < -0.4 is 15.8 Å². The Hall–Kier alpha value is -1.10. The van der Waals surface area contributed by atoms with E-state index in [0.717, 1.165) is 5.75 Å². The Kier molecular flexibility index (Phi) is 5.77. The van der Waals surface area contributed by atoms with Crippen molar-refractivity contribution in [1.29, 1.82) is 0 Å². The Labute approximate surface area is 90.1 Å². The molecule has 1 aromatic carbocycles. The zero-order valence-corrected chi connectivity index (χ0v) is 8.73. The van der Waals surface area contributed by atoms with E-state index in [2.05, 4.69) is 5.32 Å². The van der Waals surface area contributed by atoms with Gasteiger partial charge in [0.05, 0.1) is 0 Å². The molecule has 0 aromatic heterocycles. The molecule has 1 atom stereocenters. The van der Waals surface area contributed by atoms with E-state index in [0.29, 0.717) is 26.2 Å². The highest BCUT2D eigenvalue weighted by Crippen LogP contribution is 2.08. The van der Waals surface area contributed by atoms with Crippen LogP contribution in [0.1, 0.15) is 0 Å². The first-order chi connectivity index (χ1) is 7.33. The highest BCUT2D eigenvalue weighted by atomic mass is 16.5. The first-order valence-corrected chi connectivity index (χ1v) is 5.09. The van der Waals surface area contributed by atoms with Gasteiger partial charge in [-0.15, -0.1) is 0 Å². The standard InChI is InChI=1S/C11H18N2O2/c12-6-7-13-8-10(14)9-15-11-4-2-1-3-5-11/h1-5,10,13-14H,6-9,12H2. The fourth-order valence-electron chi connectivity index (χ4n) is 1.14. The van der Waals surface area contributed by atoms with Crippen LogP contribution in [-0.2, 0) is 0 Å². The van der Waals surface area contributed by atoms with Gasteiger partial charge in [-0.2, -0.15) is 0 Å². The lowest BCUT2D eigenvalue weighted by Crippen LogP contribution is -2.34. The average Bonchev–Trinajstić information content (AvgIpc) is 2.28. The van der Waals surface area contributed by atoms with E-state index in [1.54, 1.807) is 0 Å². The minimum atomic E-state index is -0.503. The van der Waals surface area contributed by atoms with E-state index in [1.807, 2.05) is 30.3 Å². The molecule has 0 bridgehead atoms. The average molecular weight is 210 g/mol. The molecule has 4 nitrogen and oxygen atoms in total. The van der Waals surface area contributed by atoms with Crippen molar-refractivity contribution >= 4 is 0 Å². The number of aliphatic hydroxyl groups excluding tert-OH is 1. The van der Waals surface area contributed by atoms with Crippen LogP contribution in [0.15, 0.2) is 30.3 Å². The van der Waals surface area contributed by atoms with Gasteiger partial charge >= 0.3 is 0 Å². The van der Waals surface area contributed by atoms with E-state index in [-0.39, 0.29) is 0 Å². The molecule has 1 rings (SSSR count). The second-order valence-electron chi connectivity index (χ2n) is 3.27. The summed E-state index contributed by atoms with van der Waals surface area (Å²) in [5.74, 6) is 0.773. The number of benzene rings is 1. The molecule has 0 spiro atoms. The Morgan fingerprint density at radius 3 is 2.73 bits per heavy atom. The number of nitrogens with one attached hydrogen (secondary N) is 1. The van der Waals surface area contributed by atoms with Gasteiger partial charge < -0.3 is 20.9 Å². The molecule has 0 aliphatic carbocycles. The van der Waals surface area contributed by atoms with Crippen LogP contribution in [0.4, 0.5) is 0 Å². The zero-order valence-electron chi connectivity index (χ0n) is 8.73. The quantitative estimate of drug-likeness (QED) is 0.553. The Morgan fingerprint density at radius 1 is 1.33 bits per heavy atom. The van der Waals surface area contributed by atoms with Crippen molar-refractivity contribution in [2.75, 3.05) is 26.2 Å². The minimum Gasteiger partial charge on any atom is -0.491 e. The van der Waals surface area contributed by atoms with Gasteiger partial charge in [-0.1, -0.05) is 18.2 Å². The number of nitrogens with two attached hydrogens (primary N) is 1. The molecule has 0 aliphatic heterocycles. The third-order valence-corrected chi connectivity index (χ3v) is 1.89. The molecular formula is C11H18N2O2. The van der Waals surface area contributed by atoms with Crippen LogP contribution in [0.25, 0.3) is 0 Å². The summed E-state index contributed by atoms with van der Waals surface area (Å²) in [5, 5.41) is 12.5. The van der Waals surface area contributed by atoms with Crippen LogP contribution in [0.5, 0.6) is 5.75 Å². The molecule has 1 unspecified atom stereocenters. The van der Waals surface area contributed by atoms with Crippen molar-refractivity contribution in [3.05, 3.63) is 30.3 Å². The minimum absolute atomic E-state index is 0.293. The van der Waals surface area contributed by atoms with E-state index < -0.39 is 6.10 Å². The summed E-state index contributed by atoms with van der Waals surface area (Å²) >= 11 is 0. The summed E-state index contributed by atoms with van der Waals surface area (Å²) < 4.78 is 5.38. The number of rotatable bonds is 7. The highest BCUT2D eigenvalue weighted by Gasteiger charge is 2.03. The number of hydrogen-bond donors (Lipinski definition) is 3. The van der Waals surface area contributed by atoms with Crippen molar-refractivity contribution in [2.24, 2.45) is 5.73 Å². The summed E-state index contributed by atoms with van der Waals surface area (Å²) in [6.07, 6.45) is -0.503. The smallest absolute Gasteiger partial charge is 0.119 e. The predicted octanol–water partition coefficient (Wildman–Crippen LogP) is -0.0254. The first kappa shape index (κ1) is 12.0. The largest absolute Gasteiger partial charge is 0.491 e. The lowest BCUT2D eigenvalue weighted by molar-refractivity contribution is 0.107. The van der Waals surface area contributed by atoms with E-state index in [9.17, 15) is 5.11 Å². The zero-order chi connectivity index (χ0) is 10.9. The Balaban J connectivity index is 2.14. The van der Waals surface area contributed by atoms with Crippen LogP contribution in [-0.4, -0.2) is 37.5 Å². The van der Waals surface area contributed by atoms with Crippen molar-refractivity contribution < 1.29 is 9.84 Å². The Bertz CT molecular complexity index is 254. The fourth-order valence-corrected chi connectivity index (χ4v) is 1.14. The molecule has 0 radical (unpaired) electrons. The van der Waals surface area contributed by atoms with Gasteiger partial charge in [0, 0.05) is 19.6 Å². The second-order valence-corrected chi connectivity index (χ2v) is 3.27.